The van der Waals surface area contributed by atoms with E-state index in [-0.39, 0.29) is 5.91 Å². The van der Waals surface area contributed by atoms with Gasteiger partial charge in [-0.05, 0) is 32.0 Å². The first-order chi connectivity index (χ1) is 9.52. The van der Waals surface area contributed by atoms with Gasteiger partial charge in [0.25, 0.3) is 5.91 Å². The van der Waals surface area contributed by atoms with E-state index in [2.05, 4.69) is 15.8 Å². The molecular formula is C14H18N4O2. The quantitative estimate of drug-likeness (QED) is 0.740. The number of amides is 1. The average molecular weight is 274 g/mol. The van der Waals surface area contributed by atoms with Crippen molar-refractivity contribution < 1.29 is 9.32 Å². The molecule has 1 heterocycles. The highest BCUT2D eigenvalue weighted by molar-refractivity contribution is 6.00. The third kappa shape index (κ3) is 2.74. The van der Waals surface area contributed by atoms with Gasteiger partial charge in [0, 0.05) is 30.5 Å². The lowest BCUT2D eigenvalue weighted by molar-refractivity contribution is 0.0964. The van der Waals surface area contributed by atoms with Gasteiger partial charge in [0.2, 0.25) is 0 Å². The topological polar surface area (TPSA) is 93.2 Å². The van der Waals surface area contributed by atoms with Crippen molar-refractivity contribution >= 4 is 17.3 Å². The SMILES string of the molecule is CNC(=O)c1ccc(N)cc1NCc1c(C)noc1C. The summed E-state index contributed by atoms with van der Waals surface area (Å²) in [5.74, 6) is 0.603. The number of rotatable bonds is 4. The summed E-state index contributed by atoms with van der Waals surface area (Å²) >= 11 is 0. The van der Waals surface area contributed by atoms with E-state index in [9.17, 15) is 4.79 Å². The van der Waals surface area contributed by atoms with Gasteiger partial charge in [0.1, 0.15) is 5.76 Å². The molecular weight excluding hydrogens is 256 g/mol. The number of nitrogen functional groups attached to an aromatic ring is 1. The number of nitrogens with zero attached hydrogens (tertiary/aromatic N) is 1. The molecule has 0 aliphatic carbocycles. The van der Waals surface area contributed by atoms with Gasteiger partial charge in [0.05, 0.1) is 11.3 Å². The lowest BCUT2D eigenvalue weighted by Gasteiger charge is -2.12. The predicted octanol–water partition coefficient (Wildman–Crippen LogP) is 1.85. The predicted molar refractivity (Wildman–Crippen MR) is 77.5 cm³/mol. The van der Waals surface area contributed by atoms with Crippen LogP contribution in [0.25, 0.3) is 0 Å². The van der Waals surface area contributed by atoms with E-state index in [1.165, 1.54) is 0 Å². The second-order valence-electron chi connectivity index (χ2n) is 4.54. The van der Waals surface area contributed by atoms with Gasteiger partial charge in [-0.15, -0.1) is 0 Å². The highest BCUT2D eigenvalue weighted by Crippen LogP contribution is 2.21. The third-order valence-electron chi connectivity index (χ3n) is 3.15. The fraction of sp³-hybridized carbons (Fsp3) is 0.286. The number of benzene rings is 1. The maximum atomic E-state index is 11.8. The van der Waals surface area contributed by atoms with E-state index >= 15 is 0 Å². The van der Waals surface area contributed by atoms with Crippen molar-refractivity contribution in [2.75, 3.05) is 18.1 Å². The zero-order chi connectivity index (χ0) is 14.7. The largest absolute Gasteiger partial charge is 0.399 e. The Morgan fingerprint density at radius 1 is 1.40 bits per heavy atom. The van der Waals surface area contributed by atoms with Gasteiger partial charge in [-0.3, -0.25) is 4.79 Å². The molecule has 1 aromatic heterocycles. The number of aryl methyl sites for hydroxylation is 2. The Bertz CT molecular complexity index is 615. The normalized spacial score (nSPS) is 10.3. The lowest BCUT2D eigenvalue weighted by atomic mass is 10.1. The van der Waals surface area contributed by atoms with Crippen molar-refractivity contribution in [3.8, 4) is 0 Å². The van der Waals surface area contributed by atoms with Crippen LogP contribution in [-0.2, 0) is 6.54 Å². The summed E-state index contributed by atoms with van der Waals surface area (Å²) < 4.78 is 5.11. The van der Waals surface area contributed by atoms with Crippen LogP contribution in [0, 0.1) is 13.8 Å². The zero-order valence-corrected chi connectivity index (χ0v) is 11.8. The molecule has 0 radical (unpaired) electrons. The Hall–Kier alpha value is -2.50. The summed E-state index contributed by atoms with van der Waals surface area (Å²) in [6.45, 7) is 4.26. The molecule has 4 N–H and O–H groups in total. The van der Waals surface area contributed by atoms with Crippen LogP contribution in [0.4, 0.5) is 11.4 Å². The summed E-state index contributed by atoms with van der Waals surface area (Å²) in [7, 11) is 1.59. The zero-order valence-electron chi connectivity index (χ0n) is 11.8. The van der Waals surface area contributed by atoms with Crippen molar-refractivity contribution in [3.63, 3.8) is 0 Å². The number of hydrogen-bond donors (Lipinski definition) is 3. The Morgan fingerprint density at radius 3 is 2.75 bits per heavy atom. The van der Waals surface area contributed by atoms with E-state index < -0.39 is 0 Å². The van der Waals surface area contributed by atoms with Crippen molar-refractivity contribution in [3.05, 3.63) is 40.8 Å². The van der Waals surface area contributed by atoms with Crippen LogP contribution in [0.3, 0.4) is 0 Å². The molecule has 0 bridgehead atoms. The molecule has 0 spiro atoms. The lowest BCUT2D eigenvalue weighted by Crippen LogP contribution is -2.19. The fourth-order valence-corrected chi connectivity index (χ4v) is 1.98. The number of nitrogens with two attached hydrogens (primary N) is 1. The first-order valence-corrected chi connectivity index (χ1v) is 6.30. The molecule has 0 atom stereocenters. The summed E-state index contributed by atoms with van der Waals surface area (Å²) in [5, 5.41) is 9.72. The number of nitrogens with one attached hydrogen (secondary N) is 2. The van der Waals surface area contributed by atoms with Crippen LogP contribution < -0.4 is 16.4 Å². The maximum absolute atomic E-state index is 11.8. The Morgan fingerprint density at radius 2 is 2.15 bits per heavy atom. The highest BCUT2D eigenvalue weighted by Gasteiger charge is 2.13. The van der Waals surface area contributed by atoms with Gasteiger partial charge < -0.3 is 20.9 Å². The van der Waals surface area contributed by atoms with Crippen LogP contribution in [0.5, 0.6) is 0 Å². The van der Waals surface area contributed by atoms with Gasteiger partial charge >= 0.3 is 0 Å². The maximum Gasteiger partial charge on any atom is 0.253 e. The van der Waals surface area contributed by atoms with Gasteiger partial charge in [-0.25, -0.2) is 0 Å². The molecule has 0 aliphatic rings. The number of carbonyl (C=O) groups excluding carboxylic acids is 1. The molecule has 2 rings (SSSR count). The molecule has 1 aromatic carbocycles. The minimum absolute atomic E-state index is 0.161. The molecule has 106 valence electrons. The van der Waals surface area contributed by atoms with Crippen molar-refractivity contribution in [2.24, 2.45) is 0 Å². The number of anilines is 2. The Kier molecular flexibility index (Phi) is 3.93. The van der Waals surface area contributed by atoms with Gasteiger partial charge in [-0.2, -0.15) is 0 Å². The third-order valence-corrected chi connectivity index (χ3v) is 3.15. The first kappa shape index (κ1) is 13.9. The molecule has 6 heteroatoms. The van der Waals surface area contributed by atoms with Crippen LogP contribution in [0.15, 0.2) is 22.7 Å². The van der Waals surface area contributed by atoms with Gasteiger partial charge in [-0.1, -0.05) is 5.16 Å². The second-order valence-corrected chi connectivity index (χ2v) is 4.54. The monoisotopic (exact) mass is 274 g/mol. The molecule has 0 saturated heterocycles. The molecule has 0 saturated carbocycles. The van der Waals surface area contributed by atoms with Crippen LogP contribution in [0.2, 0.25) is 0 Å². The summed E-state index contributed by atoms with van der Waals surface area (Å²) in [5.41, 5.74) is 9.42. The smallest absolute Gasteiger partial charge is 0.253 e. The van der Waals surface area contributed by atoms with E-state index in [4.69, 9.17) is 10.3 Å². The molecule has 2 aromatic rings. The van der Waals surface area contributed by atoms with Crippen molar-refractivity contribution in [1.29, 1.82) is 0 Å². The van der Waals surface area contributed by atoms with E-state index in [0.29, 0.717) is 23.5 Å². The first-order valence-electron chi connectivity index (χ1n) is 6.30. The van der Waals surface area contributed by atoms with E-state index in [1.807, 2.05) is 13.8 Å². The minimum atomic E-state index is -0.161. The van der Waals surface area contributed by atoms with E-state index in [0.717, 1.165) is 17.0 Å². The number of aromatic nitrogens is 1. The number of carbonyl (C=O) groups is 1. The van der Waals surface area contributed by atoms with E-state index in [1.54, 1.807) is 25.2 Å². The molecule has 6 nitrogen and oxygen atoms in total. The highest BCUT2D eigenvalue weighted by atomic mass is 16.5. The van der Waals surface area contributed by atoms with Crippen molar-refractivity contribution in [1.82, 2.24) is 10.5 Å². The Balaban J connectivity index is 2.24. The molecule has 0 fully saturated rings. The van der Waals surface area contributed by atoms with Crippen molar-refractivity contribution in [2.45, 2.75) is 20.4 Å². The number of hydrogen-bond acceptors (Lipinski definition) is 5. The Labute approximate surface area is 117 Å². The molecule has 0 aliphatic heterocycles. The fourth-order valence-electron chi connectivity index (χ4n) is 1.98. The standard InChI is InChI=1S/C14H18N4O2/c1-8-12(9(2)20-18-8)7-17-13-6-10(15)4-5-11(13)14(19)16-3/h4-6,17H,7,15H2,1-3H3,(H,16,19). The molecule has 1 amide bonds. The van der Waals surface area contributed by atoms with Crippen LogP contribution in [-0.4, -0.2) is 18.1 Å². The van der Waals surface area contributed by atoms with Crippen LogP contribution >= 0.6 is 0 Å². The second kappa shape index (κ2) is 5.64. The van der Waals surface area contributed by atoms with Crippen LogP contribution in [0.1, 0.15) is 27.4 Å². The average Bonchev–Trinajstić information content (AvgIpc) is 2.75. The minimum Gasteiger partial charge on any atom is -0.399 e. The summed E-state index contributed by atoms with van der Waals surface area (Å²) in [4.78, 5) is 11.8. The molecule has 20 heavy (non-hydrogen) atoms. The molecule has 0 unspecified atom stereocenters. The summed E-state index contributed by atoms with van der Waals surface area (Å²) in [6, 6.07) is 5.14. The van der Waals surface area contributed by atoms with Gasteiger partial charge in [0.15, 0.2) is 0 Å². The summed E-state index contributed by atoms with van der Waals surface area (Å²) in [6.07, 6.45) is 0.